The van der Waals surface area contributed by atoms with Gasteiger partial charge in [-0.25, -0.2) is 14.8 Å². The van der Waals surface area contributed by atoms with Gasteiger partial charge in [-0.2, -0.15) is 0 Å². The molecule has 2 aliphatic rings. The van der Waals surface area contributed by atoms with Gasteiger partial charge in [-0.1, -0.05) is 18.2 Å². The number of urea groups is 1. The molecule has 0 saturated carbocycles. The Kier molecular flexibility index (Phi) is 3.06. The predicted molar refractivity (Wildman–Crippen MR) is 83.5 cm³/mol. The molecule has 5 nitrogen and oxygen atoms in total. The lowest BCUT2D eigenvalue weighted by Gasteiger charge is -2.35. The van der Waals surface area contributed by atoms with Gasteiger partial charge in [0.1, 0.15) is 5.82 Å². The van der Waals surface area contributed by atoms with Gasteiger partial charge in [0, 0.05) is 29.9 Å². The molecular weight excluding hydrogens is 276 g/mol. The maximum atomic E-state index is 12.7. The van der Waals surface area contributed by atoms with Crippen LogP contribution < -0.4 is 5.32 Å². The van der Waals surface area contributed by atoms with Crippen LogP contribution in [-0.2, 0) is 6.42 Å². The molecule has 4 rings (SSSR count). The number of aryl methyl sites for hydroxylation is 1. The minimum absolute atomic E-state index is 0.0232. The van der Waals surface area contributed by atoms with Gasteiger partial charge in [-0.05, 0) is 31.9 Å². The zero-order chi connectivity index (χ0) is 15.1. The van der Waals surface area contributed by atoms with Crippen molar-refractivity contribution in [1.29, 1.82) is 0 Å². The monoisotopic (exact) mass is 294 g/mol. The van der Waals surface area contributed by atoms with Crippen LogP contribution in [0.1, 0.15) is 36.0 Å². The Morgan fingerprint density at radius 3 is 2.91 bits per heavy atom. The number of rotatable bonds is 1. The summed E-state index contributed by atoms with van der Waals surface area (Å²) in [5.74, 6) is 0.806. The molecule has 22 heavy (non-hydrogen) atoms. The molecule has 2 aromatic rings. The number of benzene rings is 1. The fourth-order valence-electron chi connectivity index (χ4n) is 3.60. The summed E-state index contributed by atoms with van der Waals surface area (Å²) in [5, 5.41) is 3.00. The van der Waals surface area contributed by atoms with E-state index in [0.29, 0.717) is 0 Å². The van der Waals surface area contributed by atoms with Gasteiger partial charge >= 0.3 is 6.03 Å². The molecule has 0 aliphatic carbocycles. The van der Waals surface area contributed by atoms with Gasteiger partial charge in [-0.3, -0.25) is 0 Å². The Labute approximate surface area is 129 Å². The van der Waals surface area contributed by atoms with Gasteiger partial charge in [0.15, 0.2) is 0 Å². The highest BCUT2D eigenvalue weighted by Gasteiger charge is 2.43. The largest absolute Gasteiger partial charge is 0.322 e. The standard InChI is InChI=1S/C17H18N4O/c1-11-18-10-14-15(19-11)9-13-7-8-16(14)21(13)17(22)20-12-5-3-2-4-6-12/h2-6,10,13,16H,7-9H2,1H3,(H,20,22)/t13-,16+/m0/s1. The van der Waals surface area contributed by atoms with Crippen molar-refractivity contribution in [3.63, 3.8) is 0 Å². The van der Waals surface area contributed by atoms with Crippen molar-refractivity contribution in [2.24, 2.45) is 0 Å². The number of para-hydroxylation sites is 1. The zero-order valence-electron chi connectivity index (χ0n) is 12.5. The van der Waals surface area contributed by atoms with Gasteiger partial charge < -0.3 is 10.2 Å². The van der Waals surface area contributed by atoms with Crippen molar-refractivity contribution in [3.05, 3.63) is 53.6 Å². The highest BCUT2D eigenvalue weighted by molar-refractivity contribution is 5.90. The lowest BCUT2D eigenvalue weighted by molar-refractivity contribution is 0.178. The van der Waals surface area contributed by atoms with Crippen LogP contribution in [0.2, 0.25) is 0 Å². The van der Waals surface area contributed by atoms with E-state index in [1.807, 2.05) is 48.4 Å². The first-order valence-corrected chi connectivity index (χ1v) is 7.69. The average Bonchev–Trinajstić information content (AvgIpc) is 2.84. The van der Waals surface area contributed by atoms with E-state index < -0.39 is 0 Å². The number of carbonyl (C=O) groups excluding carboxylic acids is 1. The van der Waals surface area contributed by atoms with Gasteiger partial charge in [0.2, 0.25) is 0 Å². The van der Waals surface area contributed by atoms with E-state index in [4.69, 9.17) is 0 Å². The van der Waals surface area contributed by atoms with Gasteiger partial charge in [0.05, 0.1) is 11.7 Å². The minimum Gasteiger partial charge on any atom is -0.314 e. The third-order valence-electron chi connectivity index (χ3n) is 4.57. The average molecular weight is 294 g/mol. The van der Waals surface area contributed by atoms with Crippen LogP contribution >= 0.6 is 0 Å². The van der Waals surface area contributed by atoms with Crippen molar-refractivity contribution in [1.82, 2.24) is 14.9 Å². The molecule has 1 aromatic carbocycles. The molecule has 2 atom stereocenters. The minimum atomic E-state index is -0.0232. The van der Waals surface area contributed by atoms with Crippen LogP contribution in [0.4, 0.5) is 10.5 Å². The number of fused-ring (bicyclic) bond motifs is 4. The predicted octanol–water partition coefficient (Wildman–Crippen LogP) is 3.08. The summed E-state index contributed by atoms with van der Waals surface area (Å²) >= 11 is 0. The quantitative estimate of drug-likeness (QED) is 0.879. The van der Waals surface area contributed by atoms with Crippen molar-refractivity contribution in [3.8, 4) is 0 Å². The molecular formula is C17H18N4O. The second-order valence-corrected chi connectivity index (χ2v) is 5.97. The smallest absolute Gasteiger partial charge is 0.314 e. The van der Waals surface area contributed by atoms with Gasteiger partial charge in [0.25, 0.3) is 0 Å². The highest BCUT2D eigenvalue weighted by atomic mass is 16.2. The maximum absolute atomic E-state index is 12.7. The summed E-state index contributed by atoms with van der Waals surface area (Å²) in [7, 11) is 0. The van der Waals surface area contributed by atoms with Crippen molar-refractivity contribution >= 4 is 11.7 Å². The van der Waals surface area contributed by atoms with Gasteiger partial charge in [-0.15, -0.1) is 0 Å². The topological polar surface area (TPSA) is 58.1 Å². The molecule has 0 spiro atoms. The summed E-state index contributed by atoms with van der Waals surface area (Å²) in [5.41, 5.74) is 3.06. The molecule has 2 bridgehead atoms. The summed E-state index contributed by atoms with van der Waals surface area (Å²) < 4.78 is 0. The van der Waals surface area contributed by atoms with Crippen LogP contribution in [0.15, 0.2) is 36.5 Å². The number of nitrogens with one attached hydrogen (secondary N) is 1. The molecule has 1 aromatic heterocycles. The Morgan fingerprint density at radius 1 is 1.27 bits per heavy atom. The van der Waals surface area contributed by atoms with Crippen LogP contribution in [-0.4, -0.2) is 26.9 Å². The first-order chi connectivity index (χ1) is 10.7. The third-order valence-corrected chi connectivity index (χ3v) is 4.57. The van der Waals surface area contributed by atoms with E-state index in [2.05, 4.69) is 15.3 Å². The zero-order valence-corrected chi connectivity index (χ0v) is 12.5. The summed E-state index contributed by atoms with van der Waals surface area (Å²) in [6.45, 7) is 1.91. The van der Waals surface area contributed by atoms with Crippen LogP contribution in [0, 0.1) is 6.92 Å². The van der Waals surface area contributed by atoms with Crippen molar-refractivity contribution in [2.75, 3.05) is 5.32 Å². The highest BCUT2D eigenvalue weighted by Crippen LogP contribution is 2.43. The van der Waals surface area contributed by atoms with Crippen LogP contribution in [0.25, 0.3) is 0 Å². The number of nitrogens with zero attached hydrogens (tertiary/aromatic N) is 3. The number of hydrogen-bond donors (Lipinski definition) is 1. The fraction of sp³-hybridized carbons (Fsp3) is 0.353. The maximum Gasteiger partial charge on any atom is 0.322 e. The number of carbonyl (C=O) groups is 1. The first kappa shape index (κ1) is 13.2. The van der Waals surface area contributed by atoms with Crippen molar-refractivity contribution < 1.29 is 4.79 Å². The van der Waals surface area contributed by atoms with Crippen LogP contribution in [0.5, 0.6) is 0 Å². The normalized spacial score (nSPS) is 22.3. The second-order valence-electron chi connectivity index (χ2n) is 5.97. The van der Waals surface area contributed by atoms with E-state index in [9.17, 15) is 4.79 Å². The Hall–Kier alpha value is -2.43. The molecule has 5 heteroatoms. The van der Waals surface area contributed by atoms with E-state index in [1.54, 1.807) is 0 Å². The third kappa shape index (κ3) is 2.13. The van der Waals surface area contributed by atoms with E-state index in [1.165, 1.54) is 0 Å². The molecule has 0 radical (unpaired) electrons. The molecule has 2 amide bonds. The van der Waals surface area contributed by atoms with Crippen LogP contribution in [0.3, 0.4) is 0 Å². The Bertz CT molecular complexity index is 716. The summed E-state index contributed by atoms with van der Waals surface area (Å²) in [6, 6.07) is 9.93. The molecule has 3 heterocycles. The van der Waals surface area contributed by atoms with Crippen molar-refractivity contribution in [2.45, 2.75) is 38.3 Å². The van der Waals surface area contributed by atoms with E-state index in [0.717, 1.165) is 42.0 Å². The SMILES string of the molecule is Cc1ncc2c(n1)C[C@@H]1CC[C@H]2N1C(=O)Nc1ccccc1. The summed E-state index contributed by atoms with van der Waals surface area (Å²) in [4.78, 5) is 23.5. The number of aromatic nitrogens is 2. The Morgan fingerprint density at radius 2 is 2.09 bits per heavy atom. The molecule has 112 valence electrons. The summed E-state index contributed by atoms with van der Waals surface area (Å²) in [6.07, 6.45) is 4.75. The lowest BCUT2D eigenvalue weighted by Crippen LogP contribution is -2.44. The molecule has 0 unspecified atom stereocenters. The first-order valence-electron chi connectivity index (χ1n) is 7.69. The van der Waals surface area contributed by atoms with E-state index in [-0.39, 0.29) is 18.1 Å². The number of amides is 2. The number of anilines is 1. The van der Waals surface area contributed by atoms with E-state index >= 15 is 0 Å². The molecule has 2 aliphatic heterocycles. The fourth-order valence-corrected chi connectivity index (χ4v) is 3.60. The Balaban J connectivity index is 1.61. The molecule has 1 saturated heterocycles. The molecule has 1 N–H and O–H groups in total. The molecule has 1 fully saturated rings. The second kappa shape index (κ2) is 5.09. The lowest BCUT2D eigenvalue weighted by atomic mass is 9.99. The number of hydrogen-bond acceptors (Lipinski definition) is 3.